The average Bonchev–Trinajstić information content (AvgIpc) is 3.86. The lowest BCUT2D eigenvalue weighted by molar-refractivity contribution is -0.138. The summed E-state index contributed by atoms with van der Waals surface area (Å²) in [6, 6.07) is 28.1. The van der Waals surface area contributed by atoms with Gasteiger partial charge in [0.15, 0.2) is 6.29 Å². The third-order valence-corrected chi connectivity index (χ3v) is 10.6. The summed E-state index contributed by atoms with van der Waals surface area (Å²) in [5, 5.41) is 3.31. The van der Waals surface area contributed by atoms with Crippen LogP contribution in [-0.4, -0.2) is 56.1 Å². The zero-order valence-electron chi connectivity index (χ0n) is 34.7. The van der Waals surface area contributed by atoms with E-state index in [0.717, 1.165) is 48.2 Å². The number of aldehydes is 1. The molecule has 0 radical (unpaired) electrons. The standard InChI is InChI=1S/C23H14F3N3O4S.C20H13F3N2O3.C3H3NO2S.CH4/c24-23(25,26)14-6-9-18(13(10-14)11-19-21(31)29-22(32)34-19)33-15-7-4-12(5-8-15)16-2-1-3-17(28-16)20(27)30;21-20(22,23)14-6-9-18(13(10-14)11-26)28-15-7-4-12(5-8-15)16-2-1-3-17(25-16)19(24)27;5-2-1-7-3(6)4-2;/h1-11H,(H2,27,30)(H,29,31,32);1-11H,(H2,24,27);1H2,(H,4,5,6);1H4/b19-11-;;;. The van der Waals surface area contributed by atoms with Gasteiger partial charge in [-0.1, -0.05) is 31.3 Å². The maximum atomic E-state index is 13.2. The minimum atomic E-state index is -4.61. The van der Waals surface area contributed by atoms with Crippen molar-refractivity contribution in [2.24, 2.45) is 11.5 Å². The Morgan fingerprint density at radius 3 is 1.43 bits per heavy atom. The molecule has 6 aromatic rings. The van der Waals surface area contributed by atoms with Gasteiger partial charge < -0.3 is 20.9 Å². The van der Waals surface area contributed by atoms with E-state index in [1.807, 2.05) is 0 Å². The normalized spacial score (nSPS) is 13.7. The monoisotopic (exact) mass is 1000 g/mol. The molecule has 6 amide bonds. The highest BCUT2D eigenvalue weighted by Crippen LogP contribution is 2.38. The molecule has 15 nitrogen and oxygen atoms in total. The first kappa shape index (κ1) is 52.7. The Kier molecular flexibility index (Phi) is 17.0. The van der Waals surface area contributed by atoms with E-state index in [4.69, 9.17) is 20.9 Å². The van der Waals surface area contributed by atoms with Gasteiger partial charge in [0.05, 0.1) is 38.7 Å². The van der Waals surface area contributed by atoms with Crippen LogP contribution in [0, 0.1) is 0 Å². The zero-order chi connectivity index (χ0) is 50.0. The third-order valence-electron chi connectivity index (χ3n) is 9.06. The summed E-state index contributed by atoms with van der Waals surface area (Å²) in [7, 11) is 0. The van der Waals surface area contributed by atoms with Crippen LogP contribution < -0.4 is 31.6 Å². The van der Waals surface area contributed by atoms with Crippen LogP contribution in [0.4, 0.5) is 35.9 Å². The van der Waals surface area contributed by atoms with Crippen LogP contribution in [0.2, 0.25) is 0 Å². The molecule has 70 heavy (non-hydrogen) atoms. The molecule has 0 saturated carbocycles. The largest absolute Gasteiger partial charge is 0.457 e. The molecule has 360 valence electrons. The summed E-state index contributed by atoms with van der Waals surface area (Å²) in [5.41, 5.74) is 10.9. The predicted molar refractivity (Wildman–Crippen MR) is 247 cm³/mol. The molecule has 2 aromatic heterocycles. The van der Waals surface area contributed by atoms with Crippen molar-refractivity contribution in [2.45, 2.75) is 19.8 Å². The molecule has 2 saturated heterocycles. The number of amides is 6. The molecule has 2 aliphatic rings. The molecule has 0 spiro atoms. The molecular weight excluding hydrogens is 971 g/mol. The summed E-state index contributed by atoms with van der Waals surface area (Å²) < 4.78 is 89.2. The van der Waals surface area contributed by atoms with Crippen molar-refractivity contribution in [2.75, 3.05) is 5.75 Å². The second-order valence-corrected chi connectivity index (χ2v) is 15.9. The maximum absolute atomic E-state index is 13.2. The highest BCUT2D eigenvalue weighted by atomic mass is 32.2. The zero-order valence-corrected chi connectivity index (χ0v) is 36.3. The van der Waals surface area contributed by atoms with E-state index in [1.54, 1.807) is 72.8 Å². The van der Waals surface area contributed by atoms with Crippen molar-refractivity contribution in [3.63, 3.8) is 0 Å². The molecular formula is C47H34F6N6O9S2. The van der Waals surface area contributed by atoms with Crippen LogP contribution in [0.3, 0.4) is 0 Å². The number of imide groups is 2. The summed E-state index contributed by atoms with van der Waals surface area (Å²) in [5.74, 6) is -1.24. The van der Waals surface area contributed by atoms with Gasteiger partial charge in [-0.05, 0) is 127 Å². The van der Waals surface area contributed by atoms with E-state index in [2.05, 4.69) is 20.6 Å². The SMILES string of the molecule is C.NC(=O)c1cccc(-c2ccc(Oc3ccc(C(F)(F)F)cc3/C=C3\SC(=O)NC3=O)cc2)n1.NC(=O)c1cccc(-c2ccc(Oc3ccc(C(F)(F)F)cc3C=O)cc2)n1.O=C1CSC(=O)N1. The summed E-state index contributed by atoms with van der Waals surface area (Å²) in [6.45, 7) is 0. The lowest BCUT2D eigenvalue weighted by atomic mass is 10.1. The number of alkyl halides is 6. The van der Waals surface area contributed by atoms with Gasteiger partial charge in [0.2, 0.25) is 5.91 Å². The van der Waals surface area contributed by atoms with Gasteiger partial charge in [0.1, 0.15) is 34.4 Å². The van der Waals surface area contributed by atoms with Gasteiger partial charge in [-0.25, -0.2) is 9.97 Å². The summed E-state index contributed by atoms with van der Waals surface area (Å²) in [4.78, 5) is 85.4. The van der Waals surface area contributed by atoms with E-state index in [0.29, 0.717) is 57.8 Å². The summed E-state index contributed by atoms with van der Waals surface area (Å²) >= 11 is 1.59. The lowest BCUT2D eigenvalue weighted by Gasteiger charge is -2.13. The predicted octanol–water partition coefficient (Wildman–Crippen LogP) is 10.1. The van der Waals surface area contributed by atoms with Crippen LogP contribution >= 0.6 is 23.5 Å². The molecule has 4 heterocycles. The van der Waals surface area contributed by atoms with E-state index < -0.39 is 46.4 Å². The maximum Gasteiger partial charge on any atom is 0.416 e. The Morgan fingerprint density at radius 1 is 0.614 bits per heavy atom. The summed E-state index contributed by atoms with van der Waals surface area (Å²) in [6.07, 6.45) is -7.69. The van der Waals surface area contributed by atoms with Crippen molar-refractivity contribution in [1.29, 1.82) is 0 Å². The molecule has 0 aliphatic carbocycles. The van der Waals surface area contributed by atoms with Crippen LogP contribution in [0.25, 0.3) is 28.6 Å². The average molecular weight is 1000 g/mol. The number of hydrogen-bond acceptors (Lipinski definition) is 13. The number of carbonyl (C=O) groups is 7. The minimum absolute atomic E-state index is 0. The molecule has 6 N–H and O–H groups in total. The van der Waals surface area contributed by atoms with Crippen LogP contribution in [0.5, 0.6) is 23.0 Å². The lowest BCUT2D eigenvalue weighted by Crippen LogP contribution is -2.18. The van der Waals surface area contributed by atoms with E-state index in [-0.39, 0.29) is 57.5 Å². The number of halogens is 6. The number of hydrogen-bond donors (Lipinski definition) is 4. The van der Waals surface area contributed by atoms with Crippen molar-refractivity contribution in [3.05, 3.63) is 160 Å². The van der Waals surface area contributed by atoms with Gasteiger partial charge in [0, 0.05) is 16.7 Å². The number of rotatable bonds is 10. The number of nitrogens with one attached hydrogen (secondary N) is 2. The quantitative estimate of drug-likeness (QED) is 0.0568. The van der Waals surface area contributed by atoms with E-state index in [1.165, 1.54) is 18.2 Å². The Balaban J connectivity index is 0.000000229. The Labute approximate surface area is 401 Å². The minimum Gasteiger partial charge on any atom is -0.457 e. The Bertz CT molecular complexity index is 3010. The number of primary amides is 2. The molecule has 2 aliphatic heterocycles. The van der Waals surface area contributed by atoms with Crippen LogP contribution in [-0.2, 0) is 21.9 Å². The molecule has 0 unspecified atom stereocenters. The molecule has 2 fully saturated rings. The first-order valence-electron chi connectivity index (χ1n) is 19.4. The molecule has 0 bridgehead atoms. The molecule has 4 aromatic carbocycles. The fourth-order valence-electron chi connectivity index (χ4n) is 5.83. The van der Waals surface area contributed by atoms with Crippen molar-refractivity contribution >= 4 is 70.0 Å². The first-order chi connectivity index (χ1) is 32.7. The number of nitrogens with zero attached hydrogens (tertiary/aromatic N) is 2. The van der Waals surface area contributed by atoms with Crippen molar-refractivity contribution < 1.29 is 69.4 Å². The number of benzene rings is 4. The van der Waals surface area contributed by atoms with E-state index in [9.17, 15) is 59.9 Å². The molecule has 0 atom stereocenters. The van der Waals surface area contributed by atoms with Crippen molar-refractivity contribution in [3.8, 4) is 45.5 Å². The van der Waals surface area contributed by atoms with Crippen LogP contribution in [0.1, 0.15) is 55.5 Å². The number of carbonyl (C=O) groups excluding carboxylic acids is 7. The topological polar surface area (TPSA) is 240 Å². The Hall–Kier alpha value is -8.31. The second-order valence-electron chi connectivity index (χ2n) is 13.9. The number of nitrogens with two attached hydrogens (primary N) is 2. The second kappa shape index (κ2) is 22.7. The first-order valence-corrected chi connectivity index (χ1v) is 21.2. The fraction of sp³-hybridized carbons (Fsp3) is 0.0851. The third kappa shape index (κ3) is 14.1. The smallest absolute Gasteiger partial charge is 0.416 e. The van der Waals surface area contributed by atoms with Gasteiger partial charge in [0.25, 0.3) is 28.2 Å². The number of pyridine rings is 2. The molecule has 8 rings (SSSR count). The van der Waals surface area contributed by atoms with E-state index >= 15 is 0 Å². The number of ether oxygens (including phenoxy) is 2. The highest BCUT2D eigenvalue weighted by molar-refractivity contribution is 8.18. The van der Waals surface area contributed by atoms with Gasteiger partial charge in [-0.15, -0.1) is 0 Å². The highest BCUT2D eigenvalue weighted by Gasteiger charge is 2.33. The van der Waals surface area contributed by atoms with Gasteiger partial charge in [-0.3, -0.25) is 44.2 Å². The fourth-order valence-corrected chi connectivity index (χ4v) is 7.02. The van der Waals surface area contributed by atoms with Crippen molar-refractivity contribution in [1.82, 2.24) is 20.6 Å². The Morgan fingerprint density at radius 2 is 1.07 bits per heavy atom. The molecule has 23 heteroatoms. The van der Waals surface area contributed by atoms with Gasteiger partial charge >= 0.3 is 12.4 Å². The van der Waals surface area contributed by atoms with Gasteiger partial charge in [-0.2, -0.15) is 26.3 Å². The number of thioether (sulfide) groups is 2. The van der Waals surface area contributed by atoms with Crippen LogP contribution in [0.15, 0.2) is 126 Å². The number of aromatic nitrogens is 2.